The third-order valence-corrected chi connectivity index (χ3v) is 4.57. The first-order valence-corrected chi connectivity index (χ1v) is 9.09. The average Bonchev–Trinajstić information content (AvgIpc) is 3.60. The first-order valence-electron chi connectivity index (χ1n) is 9.09. The van der Waals surface area contributed by atoms with Gasteiger partial charge in [-0.25, -0.2) is 0 Å². The van der Waals surface area contributed by atoms with Crippen LogP contribution in [0.15, 0.2) is 36.4 Å². The van der Waals surface area contributed by atoms with Crippen molar-refractivity contribution in [3.63, 3.8) is 0 Å². The van der Waals surface area contributed by atoms with E-state index in [9.17, 15) is 0 Å². The van der Waals surface area contributed by atoms with Crippen LogP contribution in [0.5, 0.6) is 23.0 Å². The van der Waals surface area contributed by atoms with E-state index in [1.54, 1.807) is 14.2 Å². The average molecular weight is 372 g/mol. The van der Waals surface area contributed by atoms with Crippen molar-refractivity contribution < 1.29 is 28.4 Å². The number of hydrogen-bond donors (Lipinski definition) is 0. The van der Waals surface area contributed by atoms with Crippen molar-refractivity contribution in [2.45, 2.75) is 18.6 Å². The molecule has 6 nitrogen and oxygen atoms in total. The largest absolute Gasteiger partial charge is 0.493 e. The molecule has 2 fully saturated rings. The third-order valence-electron chi connectivity index (χ3n) is 4.57. The molecule has 2 aliphatic heterocycles. The highest BCUT2D eigenvalue weighted by atomic mass is 16.6. The van der Waals surface area contributed by atoms with Crippen LogP contribution in [-0.4, -0.2) is 52.9 Å². The summed E-state index contributed by atoms with van der Waals surface area (Å²) in [6.07, 6.45) is 0.991. The Morgan fingerprint density at radius 3 is 1.59 bits per heavy atom. The quantitative estimate of drug-likeness (QED) is 0.598. The molecular weight excluding hydrogens is 348 g/mol. The molecule has 2 atom stereocenters. The molecule has 2 heterocycles. The predicted molar refractivity (Wildman–Crippen MR) is 99.3 cm³/mol. The van der Waals surface area contributed by atoms with Gasteiger partial charge in [0.25, 0.3) is 0 Å². The number of methoxy groups -OCH3 is 2. The van der Waals surface area contributed by atoms with E-state index >= 15 is 0 Å². The Kier molecular flexibility index (Phi) is 5.36. The summed E-state index contributed by atoms with van der Waals surface area (Å²) in [5, 5.41) is 0. The monoisotopic (exact) mass is 372 g/mol. The second-order valence-electron chi connectivity index (χ2n) is 6.61. The first-order chi connectivity index (χ1) is 13.3. The molecule has 2 aromatic rings. The van der Waals surface area contributed by atoms with Gasteiger partial charge in [-0.15, -0.1) is 0 Å². The molecule has 0 N–H and O–H groups in total. The lowest BCUT2D eigenvalue weighted by Crippen LogP contribution is -2.09. The number of hydrogen-bond acceptors (Lipinski definition) is 6. The Labute approximate surface area is 158 Å². The fourth-order valence-electron chi connectivity index (χ4n) is 2.94. The Morgan fingerprint density at radius 2 is 1.22 bits per heavy atom. The summed E-state index contributed by atoms with van der Waals surface area (Å²) in [7, 11) is 3.30. The number of para-hydroxylation sites is 2. The van der Waals surface area contributed by atoms with Gasteiger partial charge in [0.1, 0.15) is 25.4 Å². The number of rotatable bonds is 10. The van der Waals surface area contributed by atoms with Crippen LogP contribution in [0.3, 0.4) is 0 Å². The topological polar surface area (TPSA) is 62.0 Å². The van der Waals surface area contributed by atoms with Gasteiger partial charge in [-0.1, -0.05) is 24.3 Å². The molecule has 4 rings (SSSR count). The van der Waals surface area contributed by atoms with Crippen molar-refractivity contribution in [1.82, 2.24) is 0 Å². The molecule has 0 bridgehead atoms. The van der Waals surface area contributed by atoms with Crippen LogP contribution < -0.4 is 18.9 Å². The lowest BCUT2D eigenvalue weighted by atomic mass is 10.0. The number of epoxide rings is 2. The summed E-state index contributed by atoms with van der Waals surface area (Å²) in [6.45, 7) is 2.55. The van der Waals surface area contributed by atoms with Gasteiger partial charge in [0.05, 0.1) is 27.4 Å². The lowest BCUT2D eigenvalue weighted by molar-refractivity contribution is 0.248. The maximum absolute atomic E-state index is 6.02. The zero-order chi connectivity index (χ0) is 18.6. The molecule has 0 aliphatic carbocycles. The maximum atomic E-state index is 6.02. The molecule has 0 amide bonds. The smallest absolute Gasteiger partial charge is 0.164 e. The summed E-state index contributed by atoms with van der Waals surface area (Å²) in [5.41, 5.74) is 2.05. The molecule has 0 radical (unpaired) electrons. The molecule has 2 aromatic carbocycles. The molecule has 144 valence electrons. The second-order valence-corrected chi connectivity index (χ2v) is 6.61. The Hall–Kier alpha value is -2.44. The minimum absolute atomic E-state index is 0.178. The SMILES string of the molecule is COc1cccc(Cc2cccc(OC)c2OCC2CO2)c1OCC1CO1. The summed E-state index contributed by atoms with van der Waals surface area (Å²) in [4.78, 5) is 0. The van der Waals surface area contributed by atoms with E-state index in [1.165, 1.54) is 0 Å². The van der Waals surface area contributed by atoms with Gasteiger partial charge < -0.3 is 28.4 Å². The standard InChI is InChI=1S/C21H24O6/c1-22-18-7-3-5-14(20(18)26-12-16-10-24-16)9-15-6-4-8-19(23-2)21(15)27-13-17-11-25-17/h3-8,16-17H,9-13H2,1-2H3. The number of benzene rings is 2. The molecule has 2 unspecified atom stereocenters. The van der Waals surface area contributed by atoms with E-state index < -0.39 is 0 Å². The minimum atomic E-state index is 0.178. The van der Waals surface area contributed by atoms with E-state index in [2.05, 4.69) is 0 Å². The maximum Gasteiger partial charge on any atom is 0.164 e. The van der Waals surface area contributed by atoms with Gasteiger partial charge in [0.2, 0.25) is 0 Å². The molecule has 6 heteroatoms. The fourth-order valence-corrected chi connectivity index (χ4v) is 2.94. The molecule has 0 saturated carbocycles. The fraction of sp³-hybridized carbons (Fsp3) is 0.429. The van der Waals surface area contributed by atoms with Crippen LogP contribution in [-0.2, 0) is 15.9 Å². The number of ether oxygens (including phenoxy) is 6. The van der Waals surface area contributed by atoms with Gasteiger partial charge in [0.15, 0.2) is 23.0 Å². The van der Waals surface area contributed by atoms with Crippen LogP contribution in [0.4, 0.5) is 0 Å². The van der Waals surface area contributed by atoms with Crippen molar-refractivity contribution in [2.24, 2.45) is 0 Å². The van der Waals surface area contributed by atoms with Gasteiger partial charge in [-0.2, -0.15) is 0 Å². The summed E-state index contributed by atoms with van der Waals surface area (Å²) < 4.78 is 33.6. The zero-order valence-corrected chi connectivity index (χ0v) is 15.6. The van der Waals surface area contributed by atoms with Crippen LogP contribution in [0.25, 0.3) is 0 Å². The van der Waals surface area contributed by atoms with Gasteiger partial charge in [-0.3, -0.25) is 0 Å². The van der Waals surface area contributed by atoms with Crippen LogP contribution in [0.2, 0.25) is 0 Å². The van der Waals surface area contributed by atoms with Gasteiger partial charge >= 0.3 is 0 Å². The summed E-state index contributed by atoms with van der Waals surface area (Å²) in [6, 6.07) is 11.8. The van der Waals surface area contributed by atoms with Crippen molar-refractivity contribution in [3.8, 4) is 23.0 Å². The third kappa shape index (κ3) is 4.46. The highest BCUT2D eigenvalue weighted by molar-refractivity contribution is 5.53. The highest BCUT2D eigenvalue weighted by Crippen LogP contribution is 2.38. The van der Waals surface area contributed by atoms with Crippen LogP contribution >= 0.6 is 0 Å². The first kappa shape index (κ1) is 17.9. The van der Waals surface area contributed by atoms with Gasteiger partial charge in [0, 0.05) is 17.5 Å². The predicted octanol–water partition coefficient (Wildman–Crippen LogP) is 2.85. The van der Waals surface area contributed by atoms with Crippen molar-refractivity contribution in [3.05, 3.63) is 47.5 Å². The summed E-state index contributed by atoms with van der Waals surface area (Å²) in [5.74, 6) is 2.92. The Bertz CT molecular complexity index is 717. The van der Waals surface area contributed by atoms with E-state index in [4.69, 9.17) is 28.4 Å². The van der Waals surface area contributed by atoms with Crippen molar-refractivity contribution >= 4 is 0 Å². The van der Waals surface area contributed by atoms with Crippen molar-refractivity contribution in [1.29, 1.82) is 0 Å². The van der Waals surface area contributed by atoms with E-state index in [-0.39, 0.29) is 12.2 Å². The van der Waals surface area contributed by atoms with E-state index in [0.29, 0.717) is 31.1 Å². The van der Waals surface area contributed by atoms with Crippen LogP contribution in [0, 0.1) is 0 Å². The molecular formula is C21H24O6. The minimum Gasteiger partial charge on any atom is -0.493 e. The molecule has 0 spiro atoms. The molecule has 2 saturated heterocycles. The normalized spacial score (nSPS) is 20.1. The molecule has 0 aromatic heterocycles. The Balaban J connectivity index is 1.60. The molecule has 27 heavy (non-hydrogen) atoms. The molecule has 2 aliphatic rings. The lowest BCUT2D eigenvalue weighted by Gasteiger charge is -2.17. The van der Waals surface area contributed by atoms with Gasteiger partial charge in [-0.05, 0) is 12.1 Å². The van der Waals surface area contributed by atoms with E-state index in [1.807, 2.05) is 36.4 Å². The Morgan fingerprint density at radius 1 is 0.778 bits per heavy atom. The van der Waals surface area contributed by atoms with Crippen molar-refractivity contribution in [2.75, 3.05) is 40.6 Å². The zero-order valence-electron chi connectivity index (χ0n) is 15.6. The van der Waals surface area contributed by atoms with E-state index in [0.717, 1.165) is 35.8 Å². The highest BCUT2D eigenvalue weighted by Gasteiger charge is 2.26. The summed E-state index contributed by atoms with van der Waals surface area (Å²) >= 11 is 0. The second kappa shape index (κ2) is 8.06. The van der Waals surface area contributed by atoms with Crippen LogP contribution in [0.1, 0.15) is 11.1 Å².